The number of aryl methyl sites for hydroxylation is 1. The van der Waals surface area contributed by atoms with E-state index in [1.54, 1.807) is 7.11 Å². The lowest BCUT2D eigenvalue weighted by Gasteiger charge is -2.26. The van der Waals surface area contributed by atoms with Crippen LogP contribution in [0.2, 0.25) is 0 Å². The summed E-state index contributed by atoms with van der Waals surface area (Å²) in [5, 5.41) is 0. The van der Waals surface area contributed by atoms with Gasteiger partial charge in [-0.05, 0) is 47.7 Å². The van der Waals surface area contributed by atoms with Crippen molar-refractivity contribution >= 4 is 0 Å². The van der Waals surface area contributed by atoms with Crippen molar-refractivity contribution in [2.75, 3.05) is 7.11 Å². The second kappa shape index (κ2) is 9.19. The summed E-state index contributed by atoms with van der Waals surface area (Å²) in [7, 11) is 1.75. The molecular weight excluding hydrogens is 358 g/mol. The van der Waals surface area contributed by atoms with E-state index < -0.39 is 0 Å². The van der Waals surface area contributed by atoms with Crippen molar-refractivity contribution in [2.45, 2.75) is 52.7 Å². The molecule has 0 unspecified atom stereocenters. The van der Waals surface area contributed by atoms with Crippen molar-refractivity contribution in [3.63, 3.8) is 0 Å². The SMILES string of the molecule is COc1c(C)cc(C(C)(C)C)cc1CN(Cc1ccccn1)Cc1ccccn1. The van der Waals surface area contributed by atoms with Crippen molar-refractivity contribution in [1.29, 1.82) is 0 Å². The molecule has 0 radical (unpaired) electrons. The first-order valence-electron chi connectivity index (χ1n) is 10.1. The lowest BCUT2D eigenvalue weighted by atomic mass is 9.84. The maximum Gasteiger partial charge on any atom is 0.126 e. The zero-order valence-electron chi connectivity index (χ0n) is 18.1. The van der Waals surface area contributed by atoms with Crippen LogP contribution in [0.4, 0.5) is 0 Å². The average Bonchev–Trinajstić information content (AvgIpc) is 2.68. The summed E-state index contributed by atoms with van der Waals surface area (Å²) in [6.45, 7) is 11.1. The minimum Gasteiger partial charge on any atom is -0.496 e. The highest BCUT2D eigenvalue weighted by Gasteiger charge is 2.20. The van der Waals surface area contributed by atoms with Crippen LogP contribution in [-0.4, -0.2) is 22.0 Å². The molecule has 0 bridgehead atoms. The predicted molar refractivity (Wildman–Crippen MR) is 118 cm³/mol. The van der Waals surface area contributed by atoms with Gasteiger partial charge >= 0.3 is 0 Å². The van der Waals surface area contributed by atoms with E-state index in [4.69, 9.17) is 4.74 Å². The number of pyridine rings is 2. The normalized spacial score (nSPS) is 11.7. The number of hydrogen-bond acceptors (Lipinski definition) is 4. The second-order valence-corrected chi connectivity index (χ2v) is 8.52. The molecular formula is C25H31N3O. The molecule has 0 spiro atoms. The molecule has 0 aliphatic carbocycles. The Balaban J connectivity index is 1.95. The fourth-order valence-corrected chi connectivity index (χ4v) is 3.54. The van der Waals surface area contributed by atoms with E-state index >= 15 is 0 Å². The van der Waals surface area contributed by atoms with Crippen molar-refractivity contribution in [3.8, 4) is 5.75 Å². The first-order valence-corrected chi connectivity index (χ1v) is 10.1. The molecule has 0 N–H and O–H groups in total. The summed E-state index contributed by atoms with van der Waals surface area (Å²) in [5.74, 6) is 0.963. The molecule has 0 fully saturated rings. The van der Waals surface area contributed by atoms with Gasteiger partial charge in [0.05, 0.1) is 18.5 Å². The van der Waals surface area contributed by atoms with E-state index in [9.17, 15) is 0 Å². The molecule has 0 saturated carbocycles. The number of rotatable bonds is 7. The van der Waals surface area contributed by atoms with E-state index in [1.165, 1.54) is 16.7 Å². The third kappa shape index (κ3) is 5.64. The van der Waals surface area contributed by atoms with Crippen molar-refractivity contribution in [1.82, 2.24) is 14.9 Å². The Morgan fingerprint density at radius 1 is 0.862 bits per heavy atom. The van der Waals surface area contributed by atoms with E-state index in [1.807, 2.05) is 36.7 Å². The number of nitrogens with zero attached hydrogens (tertiary/aromatic N) is 3. The molecule has 2 aromatic heterocycles. The molecule has 2 heterocycles. The largest absolute Gasteiger partial charge is 0.496 e. The van der Waals surface area contributed by atoms with Crippen LogP contribution in [-0.2, 0) is 25.0 Å². The molecule has 0 aliphatic rings. The Morgan fingerprint density at radius 3 is 1.90 bits per heavy atom. The maximum atomic E-state index is 5.79. The van der Waals surface area contributed by atoms with Gasteiger partial charge in [0, 0.05) is 37.6 Å². The maximum absolute atomic E-state index is 5.79. The van der Waals surface area contributed by atoms with Gasteiger partial charge in [0.25, 0.3) is 0 Å². The van der Waals surface area contributed by atoms with Crippen LogP contribution in [0, 0.1) is 6.92 Å². The molecule has 29 heavy (non-hydrogen) atoms. The molecule has 3 aromatic rings. The number of hydrogen-bond donors (Lipinski definition) is 0. The fourth-order valence-electron chi connectivity index (χ4n) is 3.54. The summed E-state index contributed by atoms with van der Waals surface area (Å²) in [6.07, 6.45) is 3.69. The average molecular weight is 390 g/mol. The Kier molecular flexibility index (Phi) is 6.65. The van der Waals surface area contributed by atoms with Gasteiger partial charge in [0.1, 0.15) is 5.75 Å². The first-order chi connectivity index (χ1) is 13.9. The molecule has 4 heteroatoms. The predicted octanol–water partition coefficient (Wildman–Crippen LogP) is 5.29. The summed E-state index contributed by atoms with van der Waals surface area (Å²) in [6, 6.07) is 16.6. The number of ether oxygens (including phenoxy) is 1. The third-order valence-corrected chi connectivity index (χ3v) is 5.04. The van der Waals surface area contributed by atoms with Crippen LogP contribution >= 0.6 is 0 Å². The molecule has 0 amide bonds. The Morgan fingerprint density at radius 2 is 1.45 bits per heavy atom. The van der Waals surface area contributed by atoms with Crippen LogP contribution in [0.25, 0.3) is 0 Å². The number of aromatic nitrogens is 2. The van der Waals surface area contributed by atoms with Gasteiger partial charge in [-0.3, -0.25) is 14.9 Å². The van der Waals surface area contributed by atoms with E-state index in [2.05, 4.69) is 66.8 Å². The van der Waals surface area contributed by atoms with Crippen molar-refractivity contribution < 1.29 is 4.74 Å². The van der Waals surface area contributed by atoms with Crippen LogP contribution in [0.1, 0.15) is 48.8 Å². The van der Waals surface area contributed by atoms with Gasteiger partial charge in [-0.2, -0.15) is 0 Å². The van der Waals surface area contributed by atoms with Crippen molar-refractivity contribution in [3.05, 3.63) is 89.0 Å². The van der Waals surface area contributed by atoms with Crippen LogP contribution in [0.15, 0.2) is 60.9 Å². The highest BCUT2D eigenvalue weighted by atomic mass is 16.5. The number of methoxy groups -OCH3 is 1. The van der Waals surface area contributed by atoms with Gasteiger partial charge < -0.3 is 4.74 Å². The van der Waals surface area contributed by atoms with Gasteiger partial charge in [-0.15, -0.1) is 0 Å². The lowest BCUT2D eigenvalue weighted by Crippen LogP contribution is -2.24. The zero-order valence-corrected chi connectivity index (χ0v) is 18.1. The minimum atomic E-state index is 0.0819. The quantitative estimate of drug-likeness (QED) is 0.550. The number of benzene rings is 1. The topological polar surface area (TPSA) is 38.2 Å². The Hall–Kier alpha value is -2.72. The summed E-state index contributed by atoms with van der Waals surface area (Å²) < 4.78 is 5.79. The van der Waals surface area contributed by atoms with E-state index in [0.717, 1.165) is 36.8 Å². The molecule has 0 atom stereocenters. The van der Waals surface area contributed by atoms with Crippen LogP contribution in [0.5, 0.6) is 5.75 Å². The van der Waals surface area contributed by atoms with Gasteiger partial charge in [-0.1, -0.05) is 45.0 Å². The Labute approximate surface area is 174 Å². The van der Waals surface area contributed by atoms with Crippen LogP contribution in [0.3, 0.4) is 0 Å². The summed E-state index contributed by atoms with van der Waals surface area (Å²) in [5.41, 5.74) is 5.87. The highest BCUT2D eigenvalue weighted by molar-refractivity contribution is 5.46. The fraction of sp³-hybridized carbons (Fsp3) is 0.360. The highest BCUT2D eigenvalue weighted by Crippen LogP contribution is 2.32. The van der Waals surface area contributed by atoms with Gasteiger partial charge in [-0.25, -0.2) is 0 Å². The van der Waals surface area contributed by atoms with Gasteiger partial charge in [0.15, 0.2) is 0 Å². The van der Waals surface area contributed by atoms with E-state index in [-0.39, 0.29) is 5.41 Å². The molecule has 1 aromatic carbocycles. The lowest BCUT2D eigenvalue weighted by molar-refractivity contribution is 0.237. The first kappa shape index (κ1) is 21.0. The summed E-state index contributed by atoms with van der Waals surface area (Å²) in [4.78, 5) is 11.4. The van der Waals surface area contributed by atoms with Crippen LogP contribution < -0.4 is 4.74 Å². The molecule has 0 aliphatic heterocycles. The van der Waals surface area contributed by atoms with E-state index in [0.29, 0.717) is 0 Å². The Bertz CT molecular complexity index is 877. The smallest absolute Gasteiger partial charge is 0.126 e. The molecule has 152 valence electrons. The third-order valence-electron chi connectivity index (χ3n) is 5.04. The minimum absolute atomic E-state index is 0.0819. The standard InChI is InChI=1S/C25H31N3O/c1-19-14-21(25(2,3)4)15-20(24(19)29-5)16-28(17-22-10-6-8-12-26-22)18-23-11-7-9-13-27-23/h6-15H,16-18H2,1-5H3. The van der Waals surface area contributed by atoms with Crippen molar-refractivity contribution in [2.24, 2.45) is 0 Å². The zero-order chi connectivity index (χ0) is 20.9. The molecule has 4 nitrogen and oxygen atoms in total. The molecule has 0 saturated heterocycles. The second-order valence-electron chi connectivity index (χ2n) is 8.52. The monoisotopic (exact) mass is 389 g/mol. The van der Waals surface area contributed by atoms with Gasteiger partial charge in [0.2, 0.25) is 0 Å². The molecule has 3 rings (SSSR count). The summed E-state index contributed by atoms with van der Waals surface area (Å²) >= 11 is 0.